The van der Waals surface area contributed by atoms with Gasteiger partial charge >= 0.3 is 0 Å². The summed E-state index contributed by atoms with van der Waals surface area (Å²) >= 11 is 6.11. The van der Waals surface area contributed by atoms with E-state index in [1.165, 1.54) is 0 Å². The summed E-state index contributed by atoms with van der Waals surface area (Å²) in [6.07, 6.45) is 1.41. The van der Waals surface area contributed by atoms with Gasteiger partial charge in [0, 0.05) is 17.6 Å². The van der Waals surface area contributed by atoms with Crippen molar-refractivity contribution in [1.29, 1.82) is 0 Å². The van der Waals surface area contributed by atoms with Gasteiger partial charge in [0.1, 0.15) is 0 Å². The van der Waals surface area contributed by atoms with Gasteiger partial charge in [0.05, 0.1) is 6.10 Å². The third-order valence-corrected chi connectivity index (χ3v) is 3.40. The van der Waals surface area contributed by atoms with Crippen molar-refractivity contribution in [3.05, 3.63) is 34.9 Å². The highest BCUT2D eigenvalue weighted by Gasteiger charge is 2.10. The first-order chi connectivity index (χ1) is 8.50. The van der Waals surface area contributed by atoms with Crippen LogP contribution in [0.5, 0.6) is 0 Å². The Labute approximate surface area is 115 Å². The lowest BCUT2D eigenvalue weighted by Crippen LogP contribution is -2.26. The molecule has 0 fully saturated rings. The zero-order valence-corrected chi connectivity index (χ0v) is 11.9. The van der Waals surface area contributed by atoms with Crippen molar-refractivity contribution in [3.8, 4) is 0 Å². The molecule has 0 aliphatic heterocycles. The molecule has 0 heterocycles. The zero-order valence-electron chi connectivity index (χ0n) is 11.1. The SMILES string of the molecule is CC(O)CCN(C)CCC(N)c1ccccc1Cl. The van der Waals surface area contributed by atoms with Gasteiger partial charge in [-0.3, -0.25) is 0 Å². The molecule has 0 spiro atoms. The molecule has 0 aliphatic rings. The highest BCUT2D eigenvalue weighted by atomic mass is 35.5. The van der Waals surface area contributed by atoms with Crippen LogP contribution in [0.15, 0.2) is 24.3 Å². The minimum atomic E-state index is -0.246. The molecule has 1 rings (SSSR count). The van der Waals surface area contributed by atoms with Crippen molar-refractivity contribution in [2.45, 2.75) is 31.9 Å². The van der Waals surface area contributed by atoms with Crippen molar-refractivity contribution in [2.75, 3.05) is 20.1 Å². The lowest BCUT2D eigenvalue weighted by atomic mass is 10.0. The Hall–Kier alpha value is -0.610. The molecule has 0 aromatic heterocycles. The fraction of sp³-hybridized carbons (Fsp3) is 0.571. The predicted molar refractivity (Wildman–Crippen MR) is 76.8 cm³/mol. The van der Waals surface area contributed by atoms with E-state index in [-0.39, 0.29) is 12.1 Å². The van der Waals surface area contributed by atoms with Gasteiger partial charge in [-0.2, -0.15) is 0 Å². The van der Waals surface area contributed by atoms with E-state index in [0.29, 0.717) is 0 Å². The molecule has 0 aliphatic carbocycles. The van der Waals surface area contributed by atoms with Crippen molar-refractivity contribution in [2.24, 2.45) is 5.73 Å². The molecule has 0 saturated carbocycles. The van der Waals surface area contributed by atoms with E-state index in [0.717, 1.165) is 36.5 Å². The molecular formula is C14H23ClN2O. The number of hydrogen-bond acceptors (Lipinski definition) is 3. The summed E-state index contributed by atoms with van der Waals surface area (Å²) in [5.74, 6) is 0. The van der Waals surface area contributed by atoms with E-state index < -0.39 is 0 Å². The second-order valence-corrected chi connectivity index (χ2v) is 5.26. The van der Waals surface area contributed by atoms with Crippen molar-refractivity contribution < 1.29 is 5.11 Å². The summed E-state index contributed by atoms with van der Waals surface area (Å²) in [6, 6.07) is 7.68. The Morgan fingerprint density at radius 2 is 1.89 bits per heavy atom. The number of aliphatic hydroxyl groups is 1. The Balaban J connectivity index is 2.37. The molecule has 0 bridgehead atoms. The molecule has 2 unspecified atom stereocenters. The van der Waals surface area contributed by atoms with Gasteiger partial charge in [-0.25, -0.2) is 0 Å². The van der Waals surface area contributed by atoms with Gasteiger partial charge in [-0.05, 0) is 45.0 Å². The highest BCUT2D eigenvalue weighted by molar-refractivity contribution is 6.31. The number of rotatable bonds is 7. The van der Waals surface area contributed by atoms with Crippen LogP contribution in [-0.4, -0.2) is 36.2 Å². The van der Waals surface area contributed by atoms with E-state index in [1.54, 1.807) is 0 Å². The van der Waals surface area contributed by atoms with Crippen LogP contribution in [0.3, 0.4) is 0 Å². The maximum absolute atomic E-state index is 9.22. The minimum absolute atomic E-state index is 0.0345. The summed E-state index contributed by atoms with van der Waals surface area (Å²) < 4.78 is 0. The third kappa shape index (κ3) is 5.36. The van der Waals surface area contributed by atoms with Gasteiger partial charge in [0.15, 0.2) is 0 Å². The van der Waals surface area contributed by atoms with Crippen molar-refractivity contribution in [3.63, 3.8) is 0 Å². The van der Waals surface area contributed by atoms with E-state index in [9.17, 15) is 5.11 Å². The molecule has 1 aromatic rings. The zero-order chi connectivity index (χ0) is 13.5. The summed E-state index contributed by atoms with van der Waals surface area (Å²) in [4.78, 5) is 2.18. The molecule has 4 heteroatoms. The molecule has 102 valence electrons. The quantitative estimate of drug-likeness (QED) is 0.800. The number of nitrogens with zero attached hydrogens (tertiary/aromatic N) is 1. The number of halogens is 1. The summed E-state index contributed by atoms with van der Waals surface area (Å²) in [6.45, 7) is 3.59. The third-order valence-electron chi connectivity index (χ3n) is 3.06. The Kier molecular flexibility index (Phi) is 6.65. The molecule has 3 nitrogen and oxygen atoms in total. The predicted octanol–water partition coefficient (Wildman–Crippen LogP) is 2.43. The van der Waals surface area contributed by atoms with Crippen LogP contribution in [0.25, 0.3) is 0 Å². The maximum Gasteiger partial charge on any atom is 0.0524 e. The summed E-state index contributed by atoms with van der Waals surface area (Å²) in [5, 5.41) is 9.96. The van der Waals surface area contributed by atoms with Gasteiger partial charge in [0.25, 0.3) is 0 Å². The molecule has 0 radical (unpaired) electrons. The van der Waals surface area contributed by atoms with Crippen LogP contribution in [-0.2, 0) is 0 Å². The Morgan fingerprint density at radius 1 is 1.28 bits per heavy atom. The minimum Gasteiger partial charge on any atom is -0.393 e. The second-order valence-electron chi connectivity index (χ2n) is 4.86. The van der Waals surface area contributed by atoms with Crippen LogP contribution in [0.4, 0.5) is 0 Å². The Morgan fingerprint density at radius 3 is 2.50 bits per heavy atom. The van der Waals surface area contributed by atoms with Crippen molar-refractivity contribution in [1.82, 2.24) is 4.90 Å². The molecule has 3 N–H and O–H groups in total. The monoisotopic (exact) mass is 270 g/mol. The van der Waals surface area contributed by atoms with Gasteiger partial charge in [-0.15, -0.1) is 0 Å². The van der Waals surface area contributed by atoms with Crippen molar-refractivity contribution >= 4 is 11.6 Å². The number of aliphatic hydroxyl groups excluding tert-OH is 1. The lowest BCUT2D eigenvalue weighted by molar-refractivity contribution is 0.163. The number of nitrogens with two attached hydrogens (primary N) is 1. The topological polar surface area (TPSA) is 49.5 Å². The average molecular weight is 271 g/mol. The molecular weight excluding hydrogens is 248 g/mol. The van der Waals surface area contributed by atoms with E-state index >= 15 is 0 Å². The lowest BCUT2D eigenvalue weighted by Gasteiger charge is -2.20. The normalized spacial score (nSPS) is 14.8. The highest BCUT2D eigenvalue weighted by Crippen LogP contribution is 2.23. The van der Waals surface area contributed by atoms with E-state index in [1.807, 2.05) is 38.2 Å². The van der Waals surface area contributed by atoms with E-state index in [2.05, 4.69) is 4.90 Å². The van der Waals surface area contributed by atoms with Crippen LogP contribution in [0, 0.1) is 0 Å². The first kappa shape index (κ1) is 15.4. The smallest absolute Gasteiger partial charge is 0.0524 e. The molecule has 1 aromatic carbocycles. The van der Waals surface area contributed by atoms with Gasteiger partial charge < -0.3 is 15.7 Å². The fourth-order valence-corrected chi connectivity index (χ4v) is 2.09. The van der Waals surface area contributed by atoms with Crippen LogP contribution in [0.1, 0.15) is 31.4 Å². The molecule has 2 atom stereocenters. The molecule has 18 heavy (non-hydrogen) atoms. The van der Waals surface area contributed by atoms with Crippen LogP contribution < -0.4 is 5.73 Å². The average Bonchev–Trinajstić information content (AvgIpc) is 2.34. The fourth-order valence-electron chi connectivity index (χ4n) is 1.81. The van der Waals surface area contributed by atoms with Gasteiger partial charge in [0.2, 0.25) is 0 Å². The molecule has 0 saturated heterocycles. The van der Waals surface area contributed by atoms with Gasteiger partial charge in [-0.1, -0.05) is 29.8 Å². The van der Waals surface area contributed by atoms with Crippen LogP contribution >= 0.6 is 11.6 Å². The van der Waals surface area contributed by atoms with Crippen LogP contribution in [0.2, 0.25) is 5.02 Å². The van der Waals surface area contributed by atoms with E-state index in [4.69, 9.17) is 17.3 Å². The first-order valence-corrected chi connectivity index (χ1v) is 6.75. The maximum atomic E-state index is 9.22. The summed E-state index contributed by atoms with van der Waals surface area (Å²) in [7, 11) is 2.04. The second kappa shape index (κ2) is 7.74. The first-order valence-electron chi connectivity index (χ1n) is 6.37. The molecule has 0 amide bonds. The number of hydrogen-bond donors (Lipinski definition) is 2. The Bertz CT molecular complexity index is 357. The number of benzene rings is 1. The standard InChI is InChI=1S/C14H23ClN2O/c1-11(18)7-9-17(2)10-8-14(16)12-5-3-4-6-13(12)15/h3-6,11,14,18H,7-10,16H2,1-2H3. The largest absolute Gasteiger partial charge is 0.393 e. The summed E-state index contributed by atoms with van der Waals surface area (Å²) in [5.41, 5.74) is 7.14.